The number of aliphatic carboxylic acids is 1. The molecule has 18 heavy (non-hydrogen) atoms. The lowest BCUT2D eigenvalue weighted by Gasteiger charge is -2.19. The van der Waals surface area contributed by atoms with Gasteiger partial charge in [-0.15, -0.1) is 6.58 Å². The summed E-state index contributed by atoms with van der Waals surface area (Å²) in [5, 5.41) is 9.33. The van der Waals surface area contributed by atoms with E-state index < -0.39 is 5.97 Å². The van der Waals surface area contributed by atoms with Crippen molar-refractivity contribution in [1.29, 1.82) is 0 Å². The van der Waals surface area contributed by atoms with E-state index in [9.17, 15) is 9.59 Å². The molecule has 1 rings (SSSR count). The maximum Gasteiger partial charge on any atom is 0.323 e. The van der Waals surface area contributed by atoms with Crippen LogP contribution in [-0.2, 0) is 4.79 Å². The fourth-order valence-electron chi connectivity index (χ4n) is 1.50. The molecule has 1 aromatic carbocycles. The molecule has 0 aromatic heterocycles. The van der Waals surface area contributed by atoms with Gasteiger partial charge in [0.25, 0.3) is 5.91 Å². The Bertz CT molecular complexity index is 485. The normalized spacial score (nSPS) is 9.89. The van der Waals surface area contributed by atoms with E-state index in [0.717, 1.165) is 5.56 Å². The topological polar surface area (TPSA) is 57.6 Å². The standard InChI is InChI=1S/C13H14ClNO3/c1-3-6-15(8-12(16)17)13(18)10-4-5-11(14)9(2)7-10/h3-5,7H,1,6,8H2,2H3,(H,16,17). The lowest BCUT2D eigenvalue weighted by molar-refractivity contribution is -0.137. The highest BCUT2D eigenvalue weighted by molar-refractivity contribution is 6.31. The van der Waals surface area contributed by atoms with Gasteiger partial charge >= 0.3 is 5.97 Å². The summed E-state index contributed by atoms with van der Waals surface area (Å²) in [5.41, 5.74) is 1.19. The molecule has 0 radical (unpaired) electrons. The number of carbonyl (C=O) groups is 2. The third-order valence-corrected chi connectivity index (χ3v) is 2.79. The summed E-state index contributed by atoms with van der Waals surface area (Å²) in [6, 6.07) is 4.84. The zero-order valence-electron chi connectivity index (χ0n) is 10.0. The molecule has 0 spiro atoms. The number of hydrogen-bond acceptors (Lipinski definition) is 2. The van der Waals surface area contributed by atoms with Crippen LogP contribution in [0.4, 0.5) is 0 Å². The van der Waals surface area contributed by atoms with Crippen molar-refractivity contribution in [1.82, 2.24) is 4.90 Å². The first kappa shape index (κ1) is 14.3. The van der Waals surface area contributed by atoms with Gasteiger partial charge < -0.3 is 10.0 Å². The number of benzene rings is 1. The zero-order valence-corrected chi connectivity index (χ0v) is 10.8. The molecule has 96 valence electrons. The molecule has 0 saturated carbocycles. The zero-order chi connectivity index (χ0) is 13.7. The Morgan fingerprint density at radius 1 is 1.50 bits per heavy atom. The second-order valence-corrected chi connectivity index (χ2v) is 4.24. The van der Waals surface area contributed by atoms with E-state index in [0.29, 0.717) is 10.6 Å². The van der Waals surface area contributed by atoms with Crippen molar-refractivity contribution in [3.8, 4) is 0 Å². The van der Waals surface area contributed by atoms with E-state index in [-0.39, 0.29) is 19.0 Å². The lowest BCUT2D eigenvalue weighted by Crippen LogP contribution is -2.35. The number of halogens is 1. The van der Waals surface area contributed by atoms with E-state index in [1.54, 1.807) is 25.1 Å². The Balaban J connectivity index is 2.97. The van der Waals surface area contributed by atoms with Gasteiger partial charge in [-0.2, -0.15) is 0 Å². The van der Waals surface area contributed by atoms with Crippen LogP contribution >= 0.6 is 11.6 Å². The summed E-state index contributed by atoms with van der Waals surface area (Å²) in [4.78, 5) is 24.0. The van der Waals surface area contributed by atoms with Gasteiger partial charge in [-0.05, 0) is 30.7 Å². The molecule has 1 amide bonds. The quantitative estimate of drug-likeness (QED) is 0.833. The smallest absolute Gasteiger partial charge is 0.323 e. The summed E-state index contributed by atoms with van der Waals surface area (Å²) < 4.78 is 0. The minimum Gasteiger partial charge on any atom is -0.480 e. The highest BCUT2D eigenvalue weighted by atomic mass is 35.5. The molecule has 0 saturated heterocycles. The van der Waals surface area contributed by atoms with Gasteiger partial charge in [-0.1, -0.05) is 17.7 Å². The predicted octanol–water partition coefficient (Wildman–Crippen LogP) is 2.36. The first-order valence-electron chi connectivity index (χ1n) is 5.33. The highest BCUT2D eigenvalue weighted by Gasteiger charge is 2.17. The van der Waals surface area contributed by atoms with Crippen LogP contribution in [0.5, 0.6) is 0 Å². The Morgan fingerprint density at radius 2 is 2.17 bits per heavy atom. The maximum atomic E-state index is 12.1. The van der Waals surface area contributed by atoms with Crippen LogP contribution in [0.2, 0.25) is 5.02 Å². The molecule has 4 nitrogen and oxygen atoms in total. The lowest BCUT2D eigenvalue weighted by atomic mass is 10.1. The third-order valence-electron chi connectivity index (χ3n) is 2.37. The number of hydrogen-bond donors (Lipinski definition) is 1. The first-order valence-corrected chi connectivity index (χ1v) is 5.71. The van der Waals surface area contributed by atoms with E-state index in [4.69, 9.17) is 16.7 Å². The Hall–Kier alpha value is -1.81. The van der Waals surface area contributed by atoms with Crippen LogP contribution in [0.3, 0.4) is 0 Å². The third kappa shape index (κ3) is 3.60. The molecule has 1 aromatic rings. The summed E-state index contributed by atoms with van der Waals surface area (Å²) in [6.45, 7) is 5.13. The fourth-order valence-corrected chi connectivity index (χ4v) is 1.62. The van der Waals surface area contributed by atoms with Crippen LogP contribution in [0.15, 0.2) is 30.9 Å². The number of amides is 1. The van der Waals surface area contributed by atoms with Crippen LogP contribution in [0.25, 0.3) is 0 Å². The number of aryl methyl sites for hydroxylation is 1. The summed E-state index contributed by atoms with van der Waals surface area (Å²) in [5.74, 6) is -1.41. The van der Waals surface area contributed by atoms with Crippen molar-refractivity contribution >= 4 is 23.5 Å². The van der Waals surface area contributed by atoms with Gasteiger partial charge in [0.1, 0.15) is 6.54 Å². The fraction of sp³-hybridized carbons (Fsp3) is 0.231. The second-order valence-electron chi connectivity index (χ2n) is 3.83. The monoisotopic (exact) mass is 267 g/mol. The maximum absolute atomic E-state index is 12.1. The summed E-state index contributed by atoms with van der Waals surface area (Å²) in [7, 11) is 0. The van der Waals surface area contributed by atoms with Gasteiger partial charge in [0, 0.05) is 17.1 Å². The number of nitrogens with zero attached hydrogens (tertiary/aromatic N) is 1. The molecule has 5 heteroatoms. The van der Waals surface area contributed by atoms with Crippen LogP contribution in [0, 0.1) is 6.92 Å². The molecule has 0 aliphatic heterocycles. The number of rotatable bonds is 5. The van der Waals surface area contributed by atoms with Crippen molar-refractivity contribution in [2.24, 2.45) is 0 Å². The molecule has 0 unspecified atom stereocenters. The average Bonchev–Trinajstić information content (AvgIpc) is 2.31. The summed E-state index contributed by atoms with van der Waals surface area (Å²) >= 11 is 5.88. The Kier molecular flexibility index (Phi) is 4.92. The second kappa shape index (κ2) is 6.21. The summed E-state index contributed by atoms with van der Waals surface area (Å²) in [6.07, 6.45) is 1.49. The van der Waals surface area contributed by atoms with Crippen molar-refractivity contribution < 1.29 is 14.7 Å². The Morgan fingerprint density at radius 3 is 2.67 bits per heavy atom. The predicted molar refractivity (Wildman–Crippen MR) is 69.9 cm³/mol. The van der Waals surface area contributed by atoms with Gasteiger partial charge in [-0.3, -0.25) is 9.59 Å². The van der Waals surface area contributed by atoms with Crippen LogP contribution in [0.1, 0.15) is 15.9 Å². The molecule has 0 aliphatic rings. The molecule has 0 atom stereocenters. The number of carboxylic acids is 1. The van der Waals surface area contributed by atoms with Gasteiger partial charge in [0.2, 0.25) is 0 Å². The SMILES string of the molecule is C=CCN(CC(=O)O)C(=O)c1ccc(Cl)c(C)c1. The van der Waals surface area contributed by atoms with E-state index in [1.165, 1.54) is 11.0 Å². The molecule has 0 bridgehead atoms. The molecular formula is C13H14ClNO3. The average molecular weight is 268 g/mol. The van der Waals surface area contributed by atoms with E-state index in [1.807, 2.05) is 0 Å². The van der Waals surface area contributed by atoms with Crippen molar-refractivity contribution in [2.75, 3.05) is 13.1 Å². The van der Waals surface area contributed by atoms with Crippen molar-refractivity contribution in [3.63, 3.8) is 0 Å². The molecule has 0 fully saturated rings. The Labute approximate surface area is 110 Å². The number of carboxylic acid groups (broad SMARTS) is 1. The van der Waals surface area contributed by atoms with Gasteiger partial charge in [0.15, 0.2) is 0 Å². The molecule has 1 N–H and O–H groups in total. The van der Waals surface area contributed by atoms with Crippen molar-refractivity contribution in [2.45, 2.75) is 6.92 Å². The number of carbonyl (C=O) groups excluding carboxylic acids is 1. The van der Waals surface area contributed by atoms with Crippen molar-refractivity contribution in [3.05, 3.63) is 47.0 Å². The molecule has 0 heterocycles. The van der Waals surface area contributed by atoms with Crippen LogP contribution in [-0.4, -0.2) is 35.0 Å². The minimum atomic E-state index is -1.06. The molecule has 0 aliphatic carbocycles. The van der Waals surface area contributed by atoms with Crippen LogP contribution < -0.4 is 0 Å². The van der Waals surface area contributed by atoms with Gasteiger partial charge in [-0.25, -0.2) is 0 Å². The first-order chi connectivity index (χ1) is 8.45. The van der Waals surface area contributed by atoms with E-state index in [2.05, 4.69) is 6.58 Å². The van der Waals surface area contributed by atoms with Gasteiger partial charge in [0.05, 0.1) is 0 Å². The van der Waals surface area contributed by atoms with E-state index >= 15 is 0 Å². The largest absolute Gasteiger partial charge is 0.480 e. The highest BCUT2D eigenvalue weighted by Crippen LogP contribution is 2.17. The molecular weight excluding hydrogens is 254 g/mol. The minimum absolute atomic E-state index is 0.187.